The number of carboxylic acid groups (broad SMARTS) is 2. The minimum Gasteiger partial charge on any atom is -0.481 e. The van der Waals surface area contributed by atoms with Gasteiger partial charge in [0.05, 0.1) is 10.8 Å². The van der Waals surface area contributed by atoms with Crippen LogP contribution in [0.3, 0.4) is 0 Å². The number of carboxylic acids is 2. The minimum atomic E-state index is -1.26. The molecule has 1 atom stereocenters. The van der Waals surface area contributed by atoms with Crippen molar-refractivity contribution in [1.29, 1.82) is 0 Å². The van der Waals surface area contributed by atoms with Crippen molar-refractivity contribution in [1.82, 2.24) is 0 Å². The van der Waals surface area contributed by atoms with E-state index < -0.39 is 22.8 Å². The average Bonchev–Trinajstić information content (AvgIpc) is 2.37. The van der Waals surface area contributed by atoms with Crippen molar-refractivity contribution >= 4 is 11.9 Å². The SMILES string of the molecule is CCCCCCCC(C)(C(=O)O)C(C(=O)O)(C(C)C)C(C)C. The van der Waals surface area contributed by atoms with Crippen LogP contribution in [0.4, 0.5) is 0 Å². The predicted octanol–water partition coefficient (Wildman–Crippen LogP) is 4.82. The standard InChI is InChI=1S/C18H34O4/c1-7-8-9-10-11-12-17(6,15(19)20)18(13(2)3,14(4)5)16(21)22/h13-14H,7-12H2,1-6H3,(H,19,20)(H,21,22). The van der Waals surface area contributed by atoms with Crippen LogP contribution in [0, 0.1) is 22.7 Å². The molecular weight excluding hydrogens is 280 g/mol. The van der Waals surface area contributed by atoms with E-state index in [2.05, 4.69) is 6.92 Å². The van der Waals surface area contributed by atoms with E-state index in [0.29, 0.717) is 6.42 Å². The lowest BCUT2D eigenvalue weighted by Gasteiger charge is -2.48. The van der Waals surface area contributed by atoms with Gasteiger partial charge < -0.3 is 10.2 Å². The van der Waals surface area contributed by atoms with Crippen LogP contribution in [0.2, 0.25) is 0 Å². The number of unbranched alkanes of at least 4 members (excludes halogenated alkanes) is 4. The molecule has 4 nitrogen and oxygen atoms in total. The van der Waals surface area contributed by atoms with E-state index in [-0.39, 0.29) is 11.8 Å². The molecule has 130 valence electrons. The molecule has 2 N–H and O–H groups in total. The molecule has 0 saturated heterocycles. The molecule has 0 radical (unpaired) electrons. The summed E-state index contributed by atoms with van der Waals surface area (Å²) in [7, 11) is 0. The maximum atomic E-state index is 12.1. The third-order valence-corrected chi connectivity index (χ3v) is 5.34. The quantitative estimate of drug-likeness (QED) is 0.536. The Morgan fingerprint density at radius 3 is 1.64 bits per heavy atom. The van der Waals surface area contributed by atoms with E-state index in [4.69, 9.17) is 0 Å². The second kappa shape index (κ2) is 8.54. The van der Waals surface area contributed by atoms with Gasteiger partial charge in [-0.25, -0.2) is 0 Å². The number of hydrogen-bond donors (Lipinski definition) is 2. The van der Waals surface area contributed by atoms with Crippen molar-refractivity contribution in [2.45, 2.75) is 80.1 Å². The van der Waals surface area contributed by atoms with Crippen LogP contribution in [0.25, 0.3) is 0 Å². The number of carbonyl (C=O) groups is 2. The number of aliphatic carboxylic acids is 2. The van der Waals surface area contributed by atoms with Crippen LogP contribution in [-0.4, -0.2) is 22.2 Å². The molecule has 0 amide bonds. The van der Waals surface area contributed by atoms with Crippen LogP contribution in [0.1, 0.15) is 80.1 Å². The van der Waals surface area contributed by atoms with Gasteiger partial charge in [-0.1, -0.05) is 66.7 Å². The Kier molecular flexibility index (Phi) is 8.13. The molecule has 4 heteroatoms. The van der Waals surface area contributed by atoms with E-state index in [9.17, 15) is 19.8 Å². The van der Waals surface area contributed by atoms with Gasteiger partial charge in [0.1, 0.15) is 0 Å². The van der Waals surface area contributed by atoms with Crippen molar-refractivity contribution in [3.8, 4) is 0 Å². The van der Waals surface area contributed by atoms with Gasteiger partial charge in [0.15, 0.2) is 0 Å². The maximum absolute atomic E-state index is 12.1. The molecule has 1 unspecified atom stereocenters. The lowest BCUT2D eigenvalue weighted by Crippen LogP contribution is -2.57. The largest absolute Gasteiger partial charge is 0.481 e. The fourth-order valence-corrected chi connectivity index (χ4v) is 4.24. The Balaban J connectivity index is 5.54. The molecule has 0 aliphatic carbocycles. The summed E-state index contributed by atoms with van der Waals surface area (Å²) in [6.07, 6.45) is 5.49. The average molecular weight is 314 g/mol. The van der Waals surface area contributed by atoms with Gasteiger partial charge in [0.25, 0.3) is 0 Å². The first-order valence-electron chi connectivity index (χ1n) is 8.55. The number of hydrogen-bond acceptors (Lipinski definition) is 2. The molecule has 0 fully saturated rings. The number of rotatable bonds is 11. The van der Waals surface area contributed by atoms with Gasteiger partial charge in [0.2, 0.25) is 0 Å². The highest BCUT2D eigenvalue weighted by Gasteiger charge is 2.61. The molecular formula is C18H34O4. The highest BCUT2D eigenvalue weighted by molar-refractivity contribution is 5.87. The summed E-state index contributed by atoms with van der Waals surface area (Å²) in [5.41, 5.74) is -2.52. The monoisotopic (exact) mass is 314 g/mol. The first kappa shape index (κ1) is 20.9. The van der Waals surface area contributed by atoms with Crippen LogP contribution in [0.15, 0.2) is 0 Å². The van der Waals surface area contributed by atoms with Gasteiger partial charge in [-0.15, -0.1) is 0 Å². The summed E-state index contributed by atoms with van der Waals surface area (Å²) in [5, 5.41) is 19.8. The summed E-state index contributed by atoms with van der Waals surface area (Å²) in [4.78, 5) is 24.2. The Labute approximate surface area is 135 Å². The molecule has 0 saturated carbocycles. The minimum absolute atomic E-state index is 0.248. The van der Waals surface area contributed by atoms with Crippen LogP contribution < -0.4 is 0 Å². The van der Waals surface area contributed by atoms with Crippen LogP contribution in [0.5, 0.6) is 0 Å². The summed E-state index contributed by atoms with van der Waals surface area (Å²) in [6.45, 7) is 11.1. The van der Waals surface area contributed by atoms with E-state index in [1.165, 1.54) is 0 Å². The van der Waals surface area contributed by atoms with Crippen molar-refractivity contribution in [3.63, 3.8) is 0 Å². The summed E-state index contributed by atoms with van der Waals surface area (Å²) in [5.74, 6) is -2.48. The maximum Gasteiger partial charge on any atom is 0.311 e. The molecule has 0 rings (SSSR count). The van der Waals surface area contributed by atoms with Gasteiger partial charge in [0, 0.05) is 0 Å². The first-order chi connectivity index (χ1) is 10.1. The highest BCUT2D eigenvalue weighted by Crippen LogP contribution is 2.53. The van der Waals surface area contributed by atoms with Crippen LogP contribution in [-0.2, 0) is 9.59 Å². The van der Waals surface area contributed by atoms with Gasteiger partial charge in [-0.2, -0.15) is 0 Å². The van der Waals surface area contributed by atoms with Gasteiger partial charge in [-0.05, 0) is 25.2 Å². The van der Waals surface area contributed by atoms with Crippen molar-refractivity contribution in [2.24, 2.45) is 22.7 Å². The third kappa shape index (κ3) is 3.82. The molecule has 0 spiro atoms. The van der Waals surface area contributed by atoms with Gasteiger partial charge >= 0.3 is 11.9 Å². The van der Waals surface area contributed by atoms with Crippen molar-refractivity contribution in [2.75, 3.05) is 0 Å². The zero-order valence-corrected chi connectivity index (χ0v) is 15.1. The van der Waals surface area contributed by atoms with Gasteiger partial charge in [-0.3, -0.25) is 9.59 Å². The van der Waals surface area contributed by atoms with E-state index in [1.807, 2.05) is 27.7 Å². The zero-order valence-electron chi connectivity index (χ0n) is 15.1. The topological polar surface area (TPSA) is 74.6 Å². The molecule has 0 aromatic heterocycles. The predicted molar refractivity (Wildman–Crippen MR) is 88.9 cm³/mol. The molecule has 0 aromatic carbocycles. The molecule has 0 bridgehead atoms. The van der Waals surface area contributed by atoms with E-state index in [0.717, 1.165) is 32.1 Å². The molecule has 0 aliphatic rings. The fourth-order valence-electron chi connectivity index (χ4n) is 4.24. The van der Waals surface area contributed by atoms with Crippen molar-refractivity contribution in [3.05, 3.63) is 0 Å². The summed E-state index contributed by atoms with van der Waals surface area (Å²) >= 11 is 0. The molecule has 0 heterocycles. The molecule has 0 aliphatic heterocycles. The summed E-state index contributed by atoms with van der Waals surface area (Å²) in [6, 6.07) is 0. The molecule has 22 heavy (non-hydrogen) atoms. The molecule has 0 aromatic rings. The van der Waals surface area contributed by atoms with Crippen molar-refractivity contribution < 1.29 is 19.8 Å². The smallest absolute Gasteiger partial charge is 0.311 e. The second-order valence-corrected chi connectivity index (χ2v) is 7.29. The lowest BCUT2D eigenvalue weighted by molar-refractivity contribution is -0.185. The van der Waals surface area contributed by atoms with Crippen LogP contribution >= 0.6 is 0 Å². The highest BCUT2D eigenvalue weighted by atomic mass is 16.4. The zero-order chi connectivity index (χ0) is 17.6. The van der Waals surface area contributed by atoms with E-state index >= 15 is 0 Å². The fraction of sp³-hybridized carbons (Fsp3) is 0.889. The normalized spacial score (nSPS) is 15.1. The lowest BCUT2D eigenvalue weighted by atomic mass is 9.52. The Morgan fingerprint density at radius 2 is 1.32 bits per heavy atom. The van der Waals surface area contributed by atoms with E-state index in [1.54, 1.807) is 6.92 Å². The summed E-state index contributed by atoms with van der Waals surface area (Å²) < 4.78 is 0. The second-order valence-electron chi connectivity index (χ2n) is 7.29. The Bertz CT molecular complexity index is 365. The first-order valence-corrected chi connectivity index (χ1v) is 8.55. The Morgan fingerprint density at radius 1 is 0.864 bits per heavy atom. The third-order valence-electron chi connectivity index (χ3n) is 5.34. The Hall–Kier alpha value is -1.06.